The highest BCUT2D eigenvalue weighted by atomic mass is 32.1. The van der Waals surface area contributed by atoms with Gasteiger partial charge in [-0.05, 0) is 31.2 Å². The van der Waals surface area contributed by atoms with Crippen LogP contribution in [0.15, 0.2) is 36.5 Å². The van der Waals surface area contributed by atoms with Gasteiger partial charge in [-0.3, -0.25) is 0 Å². The Morgan fingerprint density at radius 3 is 2.47 bits per heavy atom. The van der Waals surface area contributed by atoms with E-state index < -0.39 is 18.5 Å². The van der Waals surface area contributed by atoms with Crippen LogP contribution in [0.1, 0.15) is 29.2 Å². The Kier molecular flexibility index (Phi) is 7.05. The summed E-state index contributed by atoms with van der Waals surface area (Å²) >= 11 is 1.30. The van der Waals surface area contributed by atoms with Crippen molar-refractivity contribution in [3.05, 3.63) is 53.3 Å². The fourth-order valence-electron chi connectivity index (χ4n) is 3.60. The second-order valence-corrected chi connectivity index (χ2v) is 8.84. The summed E-state index contributed by atoms with van der Waals surface area (Å²) in [7, 11) is 0. The number of anilines is 3. The van der Waals surface area contributed by atoms with Gasteiger partial charge in [-0.25, -0.2) is 9.97 Å². The molecule has 1 fully saturated rings. The number of morpholine rings is 1. The van der Waals surface area contributed by atoms with Crippen molar-refractivity contribution in [2.45, 2.75) is 25.4 Å². The SMILES string of the molecule is Cc1nc(Nc2sc(-c3ccc(N4CCOCC4)nc3)cc2C(N)O)ccc1C(O)C(F)(F)F. The molecule has 0 saturated carbocycles. The molecule has 34 heavy (non-hydrogen) atoms. The molecule has 5 N–H and O–H groups in total. The number of alkyl halides is 3. The number of ether oxygens (including phenoxy) is 1. The number of halogens is 3. The van der Waals surface area contributed by atoms with Crippen LogP contribution in [0.4, 0.5) is 29.8 Å². The molecule has 0 radical (unpaired) electrons. The summed E-state index contributed by atoms with van der Waals surface area (Å²) < 4.78 is 43.9. The minimum Gasteiger partial charge on any atom is -0.379 e. The van der Waals surface area contributed by atoms with E-state index in [1.54, 1.807) is 12.3 Å². The lowest BCUT2D eigenvalue weighted by Gasteiger charge is -2.27. The van der Waals surface area contributed by atoms with E-state index in [-0.39, 0.29) is 17.1 Å². The monoisotopic (exact) mass is 495 g/mol. The van der Waals surface area contributed by atoms with Crippen molar-refractivity contribution in [3.8, 4) is 10.4 Å². The molecular formula is C22H24F3N5O3S. The van der Waals surface area contributed by atoms with Gasteiger partial charge in [0.25, 0.3) is 0 Å². The Morgan fingerprint density at radius 2 is 1.88 bits per heavy atom. The van der Waals surface area contributed by atoms with Crippen molar-refractivity contribution in [2.75, 3.05) is 36.5 Å². The first-order chi connectivity index (χ1) is 16.1. The molecule has 0 amide bonds. The second-order valence-electron chi connectivity index (χ2n) is 7.78. The van der Waals surface area contributed by atoms with Gasteiger partial charge in [-0.15, -0.1) is 11.3 Å². The summed E-state index contributed by atoms with van der Waals surface area (Å²) in [5.74, 6) is 1.11. The van der Waals surface area contributed by atoms with Gasteiger partial charge in [0.1, 0.15) is 22.9 Å². The van der Waals surface area contributed by atoms with Crippen LogP contribution in [0.2, 0.25) is 0 Å². The maximum Gasteiger partial charge on any atom is 0.418 e. The number of aliphatic hydroxyl groups is 2. The number of thiophene rings is 1. The van der Waals surface area contributed by atoms with E-state index >= 15 is 0 Å². The van der Waals surface area contributed by atoms with E-state index in [2.05, 4.69) is 20.2 Å². The molecule has 12 heteroatoms. The van der Waals surface area contributed by atoms with Crippen LogP contribution in [-0.4, -0.2) is 52.7 Å². The van der Waals surface area contributed by atoms with Crippen molar-refractivity contribution in [1.29, 1.82) is 0 Å². The summed E-state index contributed by atoms with van der Waals surface area (Å²) in [6.07, 6.45) is -6.94. The van der Waals surface area contributed by atoms with Gasteiger partial charge in [-0.1, -0.05) is 6.07 Å². The molecule has 3 aromatic heterocycles. The Balaban J connectivity index is 1.57. The summed E-state index contributed by atoms with van der Waals surface area (Å²) in [6.45, 7) is 4.24. The molecular weight excluding hydrogens is 471 g/mol. The number of rotatable bonds is 6. The summed E-state index contributed by atoms with van der Waals surface area (Å²) in [5, 5.41) is 23.1. The molecule has 8 nitrogen and oxygen atoms in total. The molecule has 0 bridgehead atoms. The van der Waals surface area contributed by atoms with E-state index in [1.807, 2.05) is 12.1 Å². The largest absolute Gasteiger partial charge is 0.418 e. The van der Waals surface area contributed by atoms with Crippen molar-refractivity contribution in [3.63, 3.8) is 0 Å². The maximum absolute atomic E-state index is 12.9. The second kappa shape index (κ2) is 9.84. The number of nitrogens with one attached hydrogen (secondary N) is 1. The Labute approximate surface area is 197 Å². The van der Waals surface area contributed by atoms with Crippen LogP contribution in [0, 0.1) is 6.92 Å². The number of nitrogens with two attached hydrogens (primary N) is 1. The molecule has 0 spiro atoms. The molecule has 2 unspecified atom stereocenters. The molecule has 4 rings (SSSR count). The number of aryl methyl sites for hydroxylation is 1. The van der Waals surface area contributed by atoms with Crippen molar-refractivity contribution in [2.24, 2.45) is 5.73 Å². The molecule has 4 heterocycles. The molecule has 2 atom stereocenters. The third-order valence-electron chi connectivity index (χ3n) is 5.42. The summed E-state index contributed by atoms with van der Waals surface area (Å²) in [6, 6.07) is 8.08. The Hall–Kier alpha value is -2.77. The molecule has 1 saturated heterocycles. The smallest absolute Gasteiger partial charge is 0.379 e. The van der Waals surface area contributed by atoms with E-state index in [0.29, 0.717) is 23.8 Å². The van der Waals surface area contributed by atoms with Crippen LogP contribution in [0.25, 0.3) is 10.4 Å². The lowest BCUT2D eigenvalue weighted by atomic mass is 10.1. The Morgan fingerprint density at radius 1 is 1.15 bits per heavy atom. The standard InChI is InChI=1S/C22H24F3N5O3S/c1-12-14(19(31)22(23,24)25)3-4-17(28-12)29-21-15(20(26)32)10-16(34-21)13-2-5-18(27-11-13)30-6-8-33-9-7-30/h2-5,10-11,19-20,31-32H,6-9,26H2,1H3,(H,28,29). The zero-order valence-corrected chi connectivity index (χ0v) is 19.0. The molecule has 0 aromatic carbocycles. The molecule has 1 aliphatic heterocycles. The van der Waals surface area contributed by atoms with Crippen LogP contribution < -0.4 is 16.0 Å². The van der Waals surface area contributed by atoms with E-state index in [4.69, 9.17) is 10.5 Å². The maximum atomic E-state index is 12.9. The molecule has 3 aromatic rings. The number of aromatic nitrogens is 2. The minimum absolute atomic E-state index is 0.0318. The first-order valence-electron chi connectivity index (χ1n) is 10.5. The topological polar surface area (TPSA) is 117 Å². The van der Waals surface area contributed by atoms with Crippen molar-refractivity contribution < 1.29 is 28.1 Å². The number of hydrogen-bond donors (Lipinski definition) is 4. The van der Waals surface area contributed by atoms with Crippen LogP contribution in [0.3, 0.4) is 0 Å². The van der Waals surface area contributed by atoms with E-state index in [9.17, 15) is 23.4 Å². The number of pyridine rings is 2. The lowest BCUT2D eigenvalue weighted by molar-refractivity contribution is -0.207. The third kappa shape index (κ3) is 5.31. The predicted octanol–water partition coefficient (Wildman–Crippen LogP) is 3.64. The predicted molar refractivity (Wildman–Crippen MR) is 123 cm³/mol. The fourth-order valence-corrected chi connectivity index (χ4v) is 4.70. The lowest BCUT2D eigenvalue weighted by Crippen LogP contribution is -2.36. The summed E-state index contributed by atoms with van der Waals surface area (Å²) in [5.41, 5.74) is 6.68. The zero-order chi connectivity index (χ0) is 24.5. The Bertz CT molecular complexity index is 1130. The van der Waals surface area contributed by atoms with Crippen molar-refractivity contribution >= 4 is 28.0 Å². The molecule has 1 aliphatic rings. The first kappa shape index (κ1) is 24.4. The number of aliphatic hydroxyl groups excluding tert-OH is 2. The highest BCUT2D eigenvalue weighted by Crippen LogP contribution is 2.39. The fraction of sp³-hybridized carbons (Fsp3) is 0.364. The minimum atomic E-state index is -4.79. The van der Waals surface area contributed by atoms with Gasteiger partial charge in [0.2, 0.25) is 0 Å². The van der Waals surface area contributed by atoms with Crippen LogP contribution in [0.5, 0.6) is 0 Å². The normalized spacial score (nSPS) is 16.4. The highest BCUT2D eigenvalue weighted by molar-refractivity contribution is 7.19. The average molecular weight is 496 g/mol. The average Bonchev–Trinajstić information content (AvgIpc) is 3.23. The van der Waals surface area contributed by atoms with Gasteiger partial charge < -0.3 is 30.9 Å². The summed E-state index contributed by atoms with van der Waals surface area (Å²) in [4.78, 5) is 11.6. The third-order valence-corrected chi connectivity index (χ3v) is 6.54. The van der Waals surface area contributed by atoms with Crippen LogP contribution in [-0.2, 0) is 4.74 Å². The number of nitrogens with zero attached hydrogens (tertiary/aromatic N) is 3. The van der Waals surface area contributed by atoms with Gasteiger partial charge >= 0.3 is 6.18 Å². The highest BCUT2D eigenvalue weighted by Gasteiger charge is 2.40. The van der Waals surface area contributed by atoms with Gasteiger partial charge in [0.15, 0.2) is 6.10 Å². The van der Waals surface area contributed by atoms with Gasteiger partial charge in [0.05, 0.1) is 13.2 Å². The van der Waals surface area contributed by atoms with Gasteiger partial charge in [-0.2, -0.15) is 13.2 Å². The molecule has 182 valence electrons. The van der Waals surface area contributed by atoms with E-state index in [0.717, 1.165) is 29.3 Å². The van der Waals surface area contributed by atoms with Crippen molar-refractivity contribution in [1.82, 2.24) is 9.97 Å². The first-order valence-corrected chi connectivity index (χ1v) is 11.3. The van der Waals surface area contributed by atoms with Gasteiger partial charge in [0, 0.05) is 46.5 Å². The molecule has 0 aliphatic carbocycles. The quantitative estimate of drug-likeness (QED) is 0.383. The van der Waals surface area contributed by atoms with Crippen LogP contribution >= 0.6 is 11.3 Å². The van der Waals surface area contributed by atoms with E-state index in [1.165, 1.54) is 30.4 Å². The number of hydrogen-bond acceptors (Lipinski definition) is 9. The zero-order valence-electron chi connectivity index (χ0n) is 18.2.